The second-order valence-electron chi connectivity index (χ2n) is 5.76. The number of fused-ring (bicyclic) bond motifs is 1. The molecule has 0 amide bonds. The number of phenolic OH excluding ortho intramolecular Hbond substituents is 1. The molecule has 0 atom stereocenters. The number of aromatic hydroxyl groups is 1. The van der Waals surface area contributed by atoms with Crippen molar-refractivity contribution in [3.63, 3.8) is 0 Å². The Morgan fingerprint density at radius 3 is 2.78 bits per heavy atom. The first-order valence-electron chi connectivity index (χ1n) is 7.82. The van der Waals surface area contributed by atoms with E-state index in [1.165, 1.54) is 42.0 Å². The van der Waals surface area contributed by atoms with Crippen molar-refractivity contribution in [2.24, 2.45) is 0 Å². The highest BCUT2D eigenvalue weighted by atomic mass is 32.1. The predicted molar refractivity (Wildman–Crippen MR) is 98.1 cm³/mol. The molecule has 0 aliphatic rings. The Kier molecular flexibility index (Phi) is 4.12. The molecule has 0 radical (unpaired) electrons. The molecule has 2 heterocycles. The average Bonchev–Trinajstić information content (AvgIpc) is 3.18. The number of hydrogen-bond donors (Lipinski definition) is 1. The summed E-state index contributed by atoms with van der Waals surface area (Å²) in [5, 5.41) is 9.57. The predicted octanol–water partition coefficient (Wildman–Crippen LogP) is 2.96. The molecular formula is C19H12F2N2O3S. The molecular weight excluding hydrogens is 374 g/mol. The monoisotopic (exact) mass is 386 g/mol. The number of imidazole rings is 1. The fourth-order valence-corrected chi connectivity index (χ4v) is 3.66. The Morgan fingerprint density at radius 2 is 2.07 bits per heavy atom. The van der Waals surface area contributed by atoms with E-state index in [0.717, 1.165) is 17.4 Å². The number of halogens is 2. The number of nitrogens with zero attached hydrogens (tertiary/aromatic N) is 2. The minimum Gasteiger partial charge on any atom is -0.502 e. The number of thiazole rings is 1. The van der Waals surface area contributed by atoms with Crippen LogP contribution < -0.4 is 14.8 Å². The van der Waals surface area contributed by atoms with Gasteiger partial charge in [0.1, 0.15) is 5.82 Å². The molecule has 0 bridgehead atoms. The van der Waals surface area contributed by atoms with Gasteiger partial charge < -0.3 is 9.84 Å². The van der Waals surface area contributed by atoms with Crippen LogP contribution in [0.2, 0.25) is 0 Å². The zero-order chi connectivity index (χ0) is 19.1. The summed E-state index contributed by atoms with van der Waals surface area (Å²) in [6.07, 6.45) is 3.03. The third kappa shape index (κ3) is 3.04. The summed E-state index contributed by atoms with van der Waals surface area (Å²) in [6, 6.07) is 8.49. The van der Waals surface area contributed by atoms with Crippen molar-refractivity contribution in [2.75, 3.05) is 7.11 Å². The van der Waals surface area contributed by atoms with Crippen LogP contribution in [0, 0.1) is 11.6 Å². The van der Waals surface area contributed by atoms with Crippen molar-refractivity contribution in [2.45, 2.75) is 0 Å². The Balaban J connectivity index is 1.82. The Labute approximate surface area is 155 Å². The number of phenols is 1. The normalized spacial score (nSPS) is 12.0. The van der Waals surface area contributed by atoms with E-state index in [4.69, 9.17) is 4.74 Å². The van der Waals surface area contributed by atoms with Crippen LogP contribution in [0.4, 0.5) is 8.78 Å². The van der Waals surface area contributed by atoms with Gasteiger partial charge in [0.05, 0.1) is 17.3 Å². The van der Waals surface area contributed by atoms with Crippen LogP contribution in [-0.2, 0) is 0 Å². The van der Waals surface area contributed by atoms with Crippen LogP contribution in [0.15, 0.2) is 47.4 Å². The molecule has 5 nitrogen and oxygen atoms in total. The molecule has 4 rings (SSSR count). The van der Waals surface area contributed by atoms with Gasteiger partial charge in [-0.3, -0.25) is 9.20 Å². The fraction of sp³-hybridized carbons (Fsp3) is 0.0526. The van der Waals surface area contributed by atoms with Crippen LogP contribution in [-0.4, -0.2) is 21.6 Å². The smallest absolute Gasteiger partial charge is 0.274 e. The molecule has 1 N–H and O–H groups in total. The Hall–Kier alpha value is -3.26. The largest absolute Gasteiger partial charge is 0.502 e. The highest BCUT2D eigenvalue weighted by molar-refractivity contribution is 7.15. The first-order chi connectivity index (χ1) is 13.0. The summed E-state index contributed by atoms with van der Waals surface area (Å²) in [6.45, 7) is 0. The third-order valence-electron chi connectivity index (χ3n) is 3.99. The highest BCUT2D eigenvalue weighted by Crippen LogP contribution is 2.30. The number of hydrogen-bond acceptors (Lipinski definition) is 5. The molecule has 0 saturated heterocycles. The van der Waals surface area contributed by atoms with E-state index < -0.39 is 11.6 Å². The van der Waals surface area contributed by atoms with Crippen molar-refractivity contribution in [3.8, 4) is 22.8 Å². The summed E-state index contributed by atoms with van der Waals surface area (Å²) in [7, 11) is 1.31. The molecule has 27 heavy (non-hydrogen) atoms. The molecule has 4 aromatic rings. The van der Waals surface area contributed by atoms with Crippen LogP contribution in [0.1, 0.15) is 5.56 Å². The topological polar surface area (TPSA) is 63.8 Å². The van der Waals surface area contributed by atoms with E-state index >= 15 is 0 Å². The summed E-state index contributed by atoms with van der Waals surface area (Å²) in [4.78, 5) is 17.4. The molecule has 2 aromatic heterocycles. The van der Waals surface area contributed by atoms with Crippen LogP contribution >= 0.6 is 11.3 Å². The standard InChI is InChI=1S/C19H12F2N2O3S/c1-26-15-6-10(5-13(21)17(15)24)7-16-18(25)23-9-14(22-19(23)27-16)11-3-2-4-12(20)8-11/h2-9,24H,1H3. The second-order valence-corrected chi connectivity index (χ2v) is 6.77. The molecule has 8 heteroatoms. The SMILES string of the molecule is COc1cc(C=c2sc3nc(-c4cccc(F)c4)cn3c2=O)cc(F)c1O. The molecule has 2 aromatic carbocycles. The zero-order valence-electron chi connectivity index (χ0n) is 13.9. The van der Waals surface area contributed by atoms with Gasteiger partial charge in [0.25, 0.3) is 5.56 Å². The number of aromatic nitrogens is 2. The average molecular weight is 386 g/mol. The van der Waals surface area contributed by atoms with Crippen molar-refractivity contribution in [3.05, 3.63) is 74.7 Å². The summed E-state index contributed by atoms with van der Waals surface area (Å²) in [5.74, 6) is -1.84. The van der Waals surface area contributed by atoms with Gasteiger partial charge >= 0.3 is 0 Å². The lowest BCUT2D eigenvalue weighted by Gasteiger charge is -2.04. The molecule has 0 unspecified atom stereocenters. The van der Waals surface area contributed by atoms with E-state index in [2.05, 4.69) is 4.98 Å². The zero-order valence-corrected chi connectivity index (χ0v) is 14.8. The third-order valence-corrected chi connectivity index (χ3v) is 4.98. The van der Waals surface area contributed by atoms with Crippen LogP contribution in [0.25, 0.3) is 22.3 Å². The van der Waals surface area contributed by atoms with Gasteiger partial charge in [-0.2, -0.15) is 0 Å². The van der Waals surface area contributed by atoms with Gasteiger partial charge in [-0.25, -0.2) is 13.8 Å². The van der Waals surface area contributed by atoms with Gasteiger partial charge in [0.2, 0.25) is 0 Å². The highest BCUT2D eigenvalue weighted by Gasteiger charge is 2.12. The maximum absolute atomic E-state index is 13.8. The van der Waals surface area contributed by atoms with E-state index in [-0.39, 0.29) is 17.1 Å². The van der Waals surface area contributed by atoms with Crippen LogP contribution in [0.5, 0.6) is 11.5 Å². The van der Waals surface area contributed by atoms with Crippen LogP contribution in [0.3, 0.4) is 0 Å². The van der Waals surface area contributed by atoms with Gasteiger partial charge in [-0.05, 0) is 35.9 Å². The van der Waals surface area contributed by atoms with Crippen molar-refractivity contribution >= 4 is 22.4 Å². The minimum absolute atomic E-state index is 0.0246. The first-order valence-corrected chi connectivity index (χ1v) is 8.64. The lowest BCUT2D eigenvalue weighted by atomic mass is 10.2. The number of ether oxygens (including phenoxy) is 1. The lowest BCUT2D eigenvalue weighted by Crippen LogP contribution is -2.22. The summed E-state index contributed by atoms with van der Waals surface area (Å²) in [5.41, 5.74) is 1.11. The van der Waals surface area contributed by atoms with E-state index in [1.807, 2.05) is 0 Å². The maximum atomic E-state index is 13.8. The molecule has 0 aliphatic carbocycles. The summed E-state index contributed by atoms with van der Waals surface area (Å²) >= 11 is 1.13. The first kappa shape index (κ1) is 17.2. The van der Waals surface area contributed by atoms with Gasteiger partial charge in [0, 0.05) is 11.8 Å². The van der Waals surface area contributed by atoms with Gasteiger partial charge in [-0.15, -0.1) is 0 Å². The Bertz CT molecular complexity index is 1280. The van der Waals surface area contributed by atoms with E-state index in [0.29, 0.717) is 26.3 Å². The van der Waals surface area contributed by atoms with Gasteiger partial charge in [-0.1, -0.05) is 23.5 Å². The summed E-state index contributed by atoms with van der Waals surface area (Å²) < 4.78 is 33.8. The number of methoxy groups -OCH3 is 1. The van der Waals surface area contributed by atoms with Crippen molar-refractivity contribution in [1.29, 1.82) is 0 Å². The molecule has 136 valence electrons. The Morgan fingerprint density at radius 1 is 1.26 bits per heavy atom. The molecule has 0 spiro atoms. The molecule has 0 fully saturated rings. The van der Waals surface area contributed by atoms with Gasteiger partial charge in [0.15, 0.2) is 22.3 Å². The quantitative estimate of drug-likeness (QED) is 0.588. The van der Waals surface area contributed by atoms with Crippen molar-refractivity contribution in [1.82, 2.24) is 9.38 Å². The lowest BCUT2D eigenvalue weighted by molar-refractivity contribution is 0.357. The molecule has 0 aliphatic heterocycles. The number of rotatable bonds is 3. The van der Waals surface area contributed by atoms with E-state index in [1.54, 1.807) is 12.1 Å². The minimum atomic E-state index is -0.845. The second kappa shape index (κ2) is 6.48. The maximum Gasteiger partial charge on any atom is 0.274 e. The number of benzene rings is 2. The van der Waals surface area contributed by atoms with Crippen molar-refractivity contribution < 1.29 is 18.6 Å². The van der Waals surface area contributed by atoms with E-state index in [9.17, 15) is 18.7 Å². The molecule has 0 saturated carbocycles. The fourth-order valence-electron chi connectivity index (χ4n) is 2.70.